The Bertz CT molecular complexity index is 3900. The lowest BCUT2D eigenvalue weighted by atomic mass is 9.99. The van der Waals surface area contributed by atoms with Gasteiger partial charge >= 0.3 is 11.9 Å². The quantitative estimate of drug-likeness (QED) is 0.0315. The van der Waals surface area contributed by atoms with Crippen molar-refractivity contribution in [1.29, 1.82) is 0 Å². The van der Waals surface area contributed by atoms with E-state index in [2.05, 4.69) is 46.6 Å². The molecule has 4 aromatic heterocycles. The summed E-state index contributed by atoms with van der Waals surface area (Å²) in [5.41, 5.74) is 5.94. The van der Waals surface area contributed by atoms with Crippen LogP contribution in [0.4, 0.5) is 5.69 Å². The summed E-state index contributed by atoms with van der Waals surface area (Å²) in [6.07, 6.45) is 0.825. The molecule has 24 nitrogen and oxygen atoms in total. The van der Waals surface area contributed by atoms with Crippen molar-refractivity contribution in [3.8, 4) is 10.0 Å². The topological polar surface area (TPSA) is 296 Å². The molecule has 0 saturated carbocycles. The lowest BCUT2D eigenvalue weighted by Crippen LogP contribution is -2.54. The van der Waals surface area contributed by atoms with Crippen LogP contribution in [-0.4, -0.2) is 158 Å². The number of nitrogens with one attached hydrogen (secondary N) is 4. The highest BCUT2D eigenvalue weighted by Crippen LogP contribution is 2.42. The number of hydrogen-bond acceptors (Lipinski definition) is 20. The van der Waals surface area contributed by atoms with Crippen LogP contribution in [0.3, 0.4) is 0 Å². The Kier molecular flexibility index (Phi) is 18.1. The van der Waals surface area contributed by atoms with Gasteiger partial charge in [-0.1, -0.05) is 53.5 Å². The number of benzene rings is 3. The molecular formula is C61H60Cl2N14O10S2. The highest BCUT2D eigenvalue weighted by atomic mass is 35.5. The van der Waals surface area contributed by atoms with E-state index >= 15 is 0 Å². The van der Waals surface area contributed by atoms with Crippen LogP contribution in [0.25, 0.3) is 10.0 Å². The Morgan fingerprint density at radius 3 is 1.61 bits per heavy atom. The van der Waals surface area contributed by atoms with Crippen molar-refractivity contribution in [1.82, 2.24) is 55.3 Å². The van der Waals surface area contributed by atoms with Crippen molar-refractivity contribution in [3.05, 3.63) is 154 Å². The van der Waals surface area contributed by atoms with Gasteiger partial charge in [-0.05, 0) is 108 Å². The number of thiophene rings is 2. The van der Waals surface area contributed by atoms with Gasteiger partial charge in [0.25, 0.3) is 23.6 Å². The second-order valence-corrected chi connectivity index (χ2v) is 24.4. The summed E-state index contributed by atoms with van der Waals surface area (Å²) in [5, 5.41) is 31.8. The number of aromatic nitrogens is 6. The van der Waals surface area contributed by atoms with Crippen LogP contribution in [-0.2, 0) is 28.7 Å². The fourth-order valence-corrected chi connectivity index (χ4v) is 14.3. The van der Waals surface area contributed by atoms with E-state index < -0.39 is 53.7 Å². The highest BCUT2D eigenvalue weighted by Gasteiger charge is 2.46. The molecule has 7 aromatic rings. The van der Waals surface area contributed by atoms with E-state index in [0.717, 1.165) is 16.0 Å². The molecule has 1 unspecified atom stereocenters. The maximum absolute atomic E-state index is 14.4. The Labute approximate surface area is 528 Å². The van der Waals surface area contributed by atoms with Crippen LogP contribution in [0.5, 0.6) is 0 Å². The number of esters is 2. The number of methoxy groups -OCH3 is 2. The Morgan fingerprint density at radius 1 is 0.640 bits per heavy atom. The minimum absolute atomic E-state index is 0.0104. The van der Waals surface area contributed by atoms with E-state index in [-0.39, 0.29) is 61.7 Å². The molecule has 3 atom stereocenters. The van der Waals surface area contributed by atoms with Crippen LogP contribution in [0.2, 0.25) is 10.0 Å². The fraction of sp³-hybridized carbons (Fsp3) is 0.344. The Hall–Kier alpha value is -8.82. The molecule has 4 N–H and O–H groups in total. The van der Waals surface area contributed by atoms with Gasteiger partial charge in [0.05, 0.1) is 59.4 Å². The predicted molar refractivity (Wildman–Crippen MR) is 332 cm³/mol. The SMILES string of the molecule is COC(=O)C[C@@H]1N=C(c2ccc(Cl)cc2)c2c(sc(C(=O)NCCCN(CCCNC(=O)c3sc4c(c3C)C(c3ccc(Cl)cc3)=N[C@@H](CC(=O)OC)c3nnc(C)n3-4)CCNc3cccc4c3C(=O)N(C3CCC(=O)NC3=O)C4=O)c2C)-n2c(C)nnc21. The average molecular weight is 1280 g/mol. The third-order valence-electron chi connectivity index (χ3n) is 15.9. The normalized spacial score (nSPS) is 16.7. The zero-order valence-corrected chi connectivity index (χ0v) is 52.3. The van der Waals surface area contributed by atoms with Crippen molar-refractivity contribution in [2.75, 3.05) is 58.8 Å². The second-order valence-electron chi connectivity index (χ2n) is 21.6. The van der Waals surface area contributed by atoms with Gasteiger partial charge < -0.3 is 30.3 Å². The second kappa shape index (κ2) is 26.1. The van der Waals surface area contributed by atoms with Gasteiger partial charge in [-0.2, -0.15) is 0 Å². The number of hydrogen-bond donors (Lipinski definition) is 4. The van der Waals surface area contributed by atoms with Gasteiger partial charge in [0, 0.05) is 70.6 Å². The van der Waals surface area contributed by atoms with E-state index in [1.807, 2.05) is 47.2 Å². The molecule has 4 aliphatic rings. The number of carbonyl (C=O) groups excluding carboxylic acids is 8. The van der Waals surface area contributed by atoms with Crippen LogP contribution >= 0.6 is 45.9 Å². The monoisotopic (exact) mass is 1280 g/mol. The number of piperidine rings is 1. The van der Waals surface area contributed by atoms with Crippen molar-refractivity contribution < 1.29 is 47.8 Å². The Morgan fingerprint density at radius 2 is 1.13 bits per heavy atom. The molecule has 89 heavy (non-hydrogen) atoms. The summed E-state index contributed by atoms with van der Waals surface area (Å²) in [6.45, 7) is 9.57. The Balaban J connectivity index is 0.811. The van der Waals surface area contributed by atoms with Gasteiger partial charge in [-0.25, -0.2) is 0 Å². The van der Waals surface area contributed by atoms with Gasteiger partial charge in [-0.15, -0.1) is 43.1 Å². The van der Waals surface area contributed by atoms with E-state index in [0.29, 0.717) is 131 Å². The maximum Gasteiger partial charge on any atom is 0.308 e. The van der Waals surface area contributed by atoms with E-state index in [9.17, 15) is 38.4 Å². The first-order valence-corrected chi connectivity index (χ1v) is 31.0. The third-order valence-corrected chi connectivity index (χ3v) is 19.0. The molecule has 0 spiro atoms. The van der Waals surface area contributed by atoms with Crippen molar-refractivity contribution in [3.63, 3.8) is 0 Å². The minimum atomic E-state index is -1.13. The molecule has 28 heteroatoms. The van der Waals surface area contributed by atoms with Crippen LogP contribution in [0.15, 0.2) is 76.7 Å². The number of anilines is 1. The largest absolute Gasteiger partial charge is 0.469 e. The summed E-state index contributed by atoms with van der Waals surface area (Å²) >= 11 is 15.2. The lowest BCUT2D eigenvalue weighted by Gasteiger charge is -2.27. The number of imide groups is 2. The third kappa shape index (κ3) is 12.3. The number of amides is 6. The van der Waals surface area contributed by atoms with Crippen molar-refractivity contribution in [2.24, 2.45) is 9.98 Å². The number of halogens is 2. The number of rotatable bonds is 21. The van der Waals surface area contributed by atoms with Crippen molar-refractivity contribution in [2.45, 2.75) is 84.3 Å². The maximum atomic E-state index is 14.4. The smallest absolute Gasteiger partial charge is 0.308 e. The summed E-state index contributed by atoms with van der Waals surface area (Å²) in [7, 11) is 2.63. The van der Waals surface area contributed by atoms with Crippen LogP contribution in [0.1, 0.15) is 147 Å². The molecule has 6 amide bonds. The number of carbonyl (C=O) groups is 8. The molecule has 1 fully saturated rings. The van der Waals surface area contributed by atoms with Crippen molar-refractivity contribution >= 4 is 110 Å². The first-order chi connectivity index (χ1) is 42.8. The molecule has 0 bridgehead atoms. The summed E-state index contributed by atoms with van der Waals surface area (Å²) in [4.78, 5) is 121. The number of ether oxygens (including phenoxy) is 2. The lowest BCUT2D eigenvalue weighted by molar-refractivity contribution is -0.142. The molecule has 4 aliphatic heterocycles. The standard InChI is InChI=1S/C61H60Cl2N14O10S2/c1-30-46-49(34-12-16-36(62)17-13-34)67-40(28-44(79)86-5)53-72-70-32(3)75(53)60(46)88-51(30)56(82)65-22-8-25-74(27-24-64-39-11-7-10-38-48(39)59(85)77(58(38)84)42-20-21-43(78)69-55(42)81)26-9-23-66-57(83)52-31(2)47-50(35-14-18-37(63)19-15-35)68-41(29-45(80)87-6)54-73-71-33(4)76(54)61(47)89-52/h7,10-19,40-42,64H,8-9,20-29H2,1-6H3,(H,65,82)(H,66,83)(H,69,78,81)/t40-,41-,42?/m0/s1. The zero-order chi connectivity index (χ0) is 62.9. The van der Waals surface area contributed by atoms with E-state index in [4.69, 9.17) is 42.7 Å². The predicted octanol–water partition coefficient (Wildman–Crippen LogP) is 7.18. The number of aryl methyl sites for hydroxylation is 2. The number of nitrogens with zero attached hydrogens (tertiary/aromatic N) is 10. The molecule has 460 valence electrons. The van der Waals surface area contributed by atoms with Gasteiger partial charge in [0.1, 0.15) is 39.8 Å². The van der Waals surface area contributed by atoms with Crippen LogP contribution < -0.4 is 21.3 Å². The highest BCUT2D eigenvalue weighted by molar-refractivity contribution is 7.17. The summed E-state index contributed by atoms with van der Waals surface area (Å²) in [5.74, 6) is -2.06. The summed E-state index contributed by atoms with van der Waals surface area (Å²) < 4.78 is 13.8. The molecule has 0 aliphatic carbocycles. The molecular weight excluding hydrogens is 1220 g/mol. The van der Waals surface area contributed by atoms with Gasteiger partial charge in [-0.3, -0.25) is 67.7 Å². The fourth-order valence-electron chi connectivity index (χ4n) is 11.5. The first kappa shape index (κ1) is 61.8. The zero-order valence-electron chi connectivity index (χ0n) is 49.2. The van der Waals surface area contributed by atoms with Gasteiger partial charge in [0.15, 0.2) is 11.6 Å². The van der Waals surface area contributed by atoms with E-state index in [1.54, 1.807) is 50.2 Å². The summed E-state index contributed by atoms with van der Waals surface area (Å²) in [6, 6.07) is 16.6. The molecule has 0 radical (unpaired) electrons. The molecule has 3 aromatic carbocycles. The van der Waals surface area contributed by atoms with E-state index in [1.165, 1.54) is 43.0 Å². The number of aliphatic imine (C=N–C) groups is 2. The first-order valence-electron chi connectivity index (χ1n) is 28.7. The average Bonchev–Trinajstić information content (AvgIpc) is 1.70. The van der Waals surface area contributed by atoms with Gasteiger partial charge in [0.2, 0.25) is 11.8 Å². The minimum Gasteiger partial charge on any atom is -0.469 e. The molecule has 8 heterocycles. The molecule has 11 rings (SSSR count). The number of fused-ring (bicyclic) bond motifs is 7. The molecule has 1 saturated heterocycles. The van der Waals surface area contributed by atoms with Crippen LogP contribution in [0, 0.1) is 27.7 Å².